The van der Waals surface area contributed by atoms with Crippen LogP contribution in [-0.2, 0) is 10.5 Å². The molecule has 3 rings (SSSR count). The highest BCUT2D eigenvalue weighted by Crippen LogP contribution is 2.17. The summed E-state index contributed by atoms with van der Waals surface area (Å²) in [4.78, 5) is 27.4. The molecule has 0 aliphatic heterocycles. The van der Waals surface area contributed by atoms with E-state index in [9.17, 15) is 9.59 Å². The van der Waals surface area contributed by atoms with Crippen molar-refractivity contribution in [2.24, 2.45) is 0 Å². The molecule has 0 fully saturated rings. The van der Waals surface area contributed by atoms with Crippen LogP contribution in [0.25, 0.3) is 10.9 Å². The SMILES string of the molecule is Cc1ccc2[nH]c(CSCC(=O)Nc3cccc(Cl)c3)cc(=O)c2c1. The zero-order chi connectivity index (χ0) is 17.8. The zero-order valence-electron chi connectivity index (χ0n) is 13.6. The van der Waals surface area contributed by atoms with Crippen LogP contribution in [0.1, 0.15) is 11.3 Å². The molecule has 1 amide bonds. The highest BCUT2D eigenvalue weighted by atomic mass is 35.5. The van der Waals surface area contributed by atoms with Gasteiger partial charge in [-0.1, -0.05) is 29.3 Å². The van der Waals surface area contributed by atoms with E-state index in [1.54, 1.807) is 30.3 Å². The molecule has 3 aromatic rings. The molecule has 128 valence electrons. The van der Waals surface area contributed by atoms with Crippen molar-refractivity contribution in [2.45, 2.75) is 12.7 Å². The Hall–Kier alpha value is -2.24. The van der Waals surface area contributed by atoms with E-state index in [4.69, 9.17) is 11.6 Å². The van der Waals surface area contributed by atoms with Gasteiger partial charge in [0.1, 0.15) is 0 Å². The Morgan fingerprint density at radius 1 is 1.20 bits per heavy atom. The van der Waals surface area contributed by atoms with E-state index in [0.717, 1.165) is 16.8 Å². The van der Waals surface area contributed by atoms with Crippen LogP contribution in [0.5, 0.6) is 0 Å². The third kappa shape index (κ3) is 4.65. The van der Waals surface area contributed by atoms with Crippen molar-refractivity contribution in [3.63, 3.8) is 0 Å². The molecule has 0 aliphatic rings. The number of halogens is 1. The van der Waals surface area contributed by atoms with E-state index in [-0.39, 0.29) is 11.3 Å². The first-order valence-electron chi connectivity index (χ1n) is 7.77. The Labute approximate surface area is 154 Å². The lowest BCUT2D eigenvalue weighted by molar-refractivity contribution is -0.113. The monoisotopic (exact) mass is 372 g/mol. The molecular formula is C19H17ClN2O2S. The summed E-state index contributed by atoms with van der Waals surface area (Å²) in [5, 5.41) is 4.07. The van der Waals surface area contributed by atoms with Crippen molar-refractivity contribution >= 4 is 45.9 Å². The topological polar surface area (TPSA) is 62.0 Å². The molecule has 0 bridgehead atoms. The maximum absolute atomic E-state index is 12.2. The number of fused-ring (bicyclic) bond motifs is 1. The van der Waals surface area contributed by atoms with Crippen LogP contribution in [-0.4, -0.2) is 16.6 Å². The average molecular weight is 373 g/mol. The van der Waals surface area contributed by atoms with Gasteiger partial charge in [-0.25, -0.2) is 0 Å². The number of aromatic nitrogens is 1. The van der Waals surface area contributed by atoms with E-state index in [1.165, 1.54) is 11.8 Å². The second-order valence-corrected chi connectivity index (χ2v) is 7.18. The smallest absolute Gasteiger partial charge is 0.234 e. The van der Waals surface area contributed by atoms with Crippen molar-refractivity contribution in [3.8, 4) is 0 Å². The molecule has 0 radical (unpaired) electrons. The molecule has 0 saturated heterocycles. The van der Waals surface area contributed by atoms with E-state index in [2.05, 4.69) is 10.3 Å². The summed E-state index contributed by atoms with van der Waals surface area (Å²) in [5.74, 6) is 0.744. The molecule has 1 heterocycles. The van der Waals surface area contributed by atoms with Gasteiger partial charge < -0.3 is 10.3 Å². The largest absolute Gasteiger partial charge is 0.357 e. The van der Waals surface area contributed by atoms with Crippen molar-refractivity contribution < 1.29 is 4.79 Å². The Kier molecular flexibility index (Phi) is 5.46. The maximum Gasteiger partial charge on any atom is 0.234 e. The molecule has 1 aromatic heterocycles. The predicted octanol–water partition coefficient (Wildman–Crippen LogP) is 4.36. The van der Waals surface area contributed by atoms with E-state index < -0.39 is 0 Å². The minimum atomic E-state index is -0.106. The number of hydrogen-bond donors (Lipinski definition) is 2. The van der Waals surface area contributed by atoms with Gasteiger partial charge in [0.2, 0.25) is 5.91 Å². The number of benzene rings is 2. The lowest BCUT2D eigenvalue weighted by Crippen LogP contribution is -2.14. The predicted molar refractivity (Wildman–Crippen MR) is 106 cm³/mol. The number of H-pyrrole nitrogens is 1. The summed E-state index contributed by atoms with van der Waals surface area (Å²) in [6.45, 7) is 1.96. The van der Waals surface area contributed by atoms with Crippen LogP contribution < -0.4 is 10.7 Å². The number of aromatic amines is 1. The maximum atomic E-state index is 12.2. The Balaban J connectivity index is 1.60. The minimum Gasteiger partial charge on any atom is -0.357 e. The summed E-state index contributed by atoms with van der Waals surface area (Å²) in [6.07, 6.45) is 0. The number of carbonyl (C=O) groups excluding carboxylic acids is 1. The molecular weight excluding hydrogens is 356 g/mol. The van der Waals surface area contributed by atoms with Gasteiger partial charge >= 0.3 is 0 Å². The third-order valence-electron chi connectivity index (χ3n) is 3.64. The molecule has 0 unspecified atom stereocenters. The number of amides is 1. The number of pyridine rings is 1. The quantitative estimate of drug-likeness (QED) is 0.699. The van der Waals surface area contributed by atoms with Gasteiger partial charge in [-0.2, -0.15) is 0 Å². The molecule has 2 aromatic carbocycles. The van der Waals surface area contributed by atoms with E-state index >= 15 is 0 Å². The summed E-state index contributed by atoms with van der Waals surface area (Å²) in [5.41, 5.74) is 3.35. The van der Waals surface area contributed by atoms with Crippen molar-refractivity contribution in [1.29, 1.82) is 0 Å². The third-order valence-corrected chi connectivity index (χ3v) is 4.86. The van der Waals surface area contributed by atoms with Gasteiger partial charge in [-0.3, -0.25) is 9.59 Å². The van der Waals surface area contributed by atoms with Crippen LogP contribution in [0.3, 0.4) is 0 Å². The molecule has 0 spiro atoms. The zero-order valence-corrected chi connectivity index (χ0v) is 15.2. The van der Waals surface area contributed by atoms with Crippen LogP contribution in [0, 0.1) is 6.92 Å². The number of hydrogen-bond acceptors (Lipinski definition) is 3. The van der Waals surface area contributed by atoms with Gasteiger partial charge in [0.05, 0.1) is 5.75 Å². The van der Waals surface area contributed by atoms with Crippen LogP contribution >= 0.6 is 23.4 Å². The van der Waals surface area contributed by atoms with Crippen molar-refractivity contribution in [2.75, 3.05) is 11.1 Å². The minimum absolute atomic E-state index is 0.00331. The van der Waals surface area contributed by atoms with Gasteiger partial charge in [-0.15, -0.1) is 11.8 Å². The molecule has 4 nitrogen and oxygen atoms in total. The highest BCUT2D eigenvalue weighted by Gasteiger charge is 2.06. The van der Waals surface area contributed by atoms with Gasteiger partial charge in [-0.05, 0) is 37.3 Å². The Morgan fingerprint density at radius 3 is 2.84 bits per heavy atom. The lowest BCUT2D eigenvalue weighted by Gasteiger charge is -2.07. The molecule has 25 heavy (non-hydrogen) atoms. The molecule has 0 saturated carbocycles. The van der Waals surface area contributed by atoms with Gasteiger partial charge in [0.15, 0.2) is 5.43 Å². The van der Waals surface area contributed by atoms with Gasteiger partial charge in [0, 0.05) is 39.1 Å². The second kappa shape index (κ2) is 7.76. The van der Waals surface area contributed by atoms with Crippen LogP contribution in [0.15, 0.2) is 53.3 Å². The number of aryl methyl sites for hydroxylation is 1. The molecule has 2 N–H and O–H groups in total. The fourth-order valence-corrected chi connectivity index (χ4v) is 3.44. The number of thioether (sulfide) groups is 1. The fourth-order valence-electron chi connectivity index (χ4n) is 2.51. The molecule has 6 heteroatoms. The summed E-state index contributed by atoms with van der Waals surface area (Å²) >= 11 is 7.34. The van der Waals surface area contributed by atoms with Crippen LogP contribution in [0.4, 0.5) is 5.69 Å². The van der Waals surface area contributed by atoms with Crippen LogP contribution in [0.2, 0.25) is 5.02 Å². The number of carbonyl (C=O) groups is 1. The number of rotatable bonds is 5. The van der Waals surface area contributed by atoms with E-state index in [1.807, 2.05) is 25.1 Å². The highest BCUT2D eigenvalue weighted by molar-refractivity contribution is 7.99. The van der Waals surface area contributed by atoms with Gasteiger partial charge in [0.25, 0.3) is 0 Å². The molecule has 0 atom stereocenters. The fraction of sp³-hybridized carbons (Fsp3) is 0.158. The normalized spacial score (nSPS) is 10.8. The Bertz CT molecular complexity index is 985. The first-order chi connectivity index (χ1) is 12.0. The lowest BCUT2D eigenvalue weighted by atomic mass is 10.1. The van der Waals surface area contributed by atoms with E-state index in [0.29, 0.717) is 27.6 Å². The summed E-state index contributed by atoms with van der Waals surface area (Å²) in [7, 11) is 0. The van der Waals surface area contributed by atoms with Crippen molar-refractivity contribution in [1.82, 2.24) is 4.98 Å². The van der Waals surface area contributed by atoms with Crippen molar-refractivity contribution in [3.05, 3.63) is 75.0 Å². The number of anilines is 1. The summed E-state index contributed by atoms with van der Waals surface area (Å²) in [6, 6.07) is 14.4. The standard InChI is InChI=1S/C19H17ClN2O2S/c1-12-5-6-17-16(7-12)18(23)9-15(21-17)10-25-11-19(24)22-14-4-2-3-13(20)8-14/h2-9H,10-11H2,1H3,(H,21,23)(H,22,24). The number of nitrogens with one attached hydrogen (secondary N) is 2. The first-order valence-corrected chi connectivity index (χ1v) is 9.30. The summed E-state index contributed by atoms with van der Waals surface area (Å²) < 4.78 is 0. The second-order valence-electron chi connectivity index (χ2n) is 5.76. The first kappa shape index (κ1) is 17.6. The average Bonchev–Trinajstić information content (AvgIpc) is 2.55. The molecule has 0 aliphatic carbocycles. The Morgan fingerprint density at radius 2 is 2.04 bits per heavy atom.